The standard InChI is InChI=1S/C20H23F6N5.C3H7N/c1-2-5-13(14-10-30(12-16(21)22)29-19(14)23)6-4-9-27-17-7-3-8-18-28-15(11-31(17)18)20(24,25)26;1-3-4-2/h3,7-8,10-11,13,16,27H,2,4-6,9,12H2,1H3;3-4H,1H2,2H3. The molecule has 3 rings (SSSR count). The zero-order valence-corrected chi connectivity index (χ0v) is 19.6. The smallest absolute Gasteiger partial charge is 0.394 e. The molecule has 0 aromatic carbocycles. The van der Waals surface area contributed by atoms with Gasteiger partial charge in [-0.15, -0.1) is 5.10 Å². The number of hydrogen-bond acceptors (Lipinski definition) is 4. The normalized spacial score (nSPS) is 12.4. The second-order valence-electron chi connectivity index (χ2n) is 7.80. The van der Waals surface area contributed by atoms with E-state index >= 15 is 0 Å². The highest BCUT2D eigenvalue weighted by molar-refractivity contribution is 5.51. The minimum atomic E-state index is -4.53. The molecular weight excluding hydrogens is 474 g/mol. The van der Waals surface area contributed by atoms with Gasteiger partial charge < -0.3 is 10.6 Å². The van der Waals surface area contributed by atoms with Gasteiger partial charge in [-0.2, -0.15) is 17.6 Å². The molecule has 3 aromatic heterocycles. The van der Waals surface area contributed by atoms with E-state index in [1.807, 2.05) is 14.0 Å². The van der Waals surface area contributed by atoms with E-state index in [2.05, 4.69) is 27.3 Å². The SMILES string of the molecule is C=CNC.CCCC(CCCNc1cccc2nc(C(F)(F)F)cn12)c1cn(CC(F)F)nc1F. The Labute approximate surface area is 200 Å². The molecule has 0 saturated carbocycles. The van der Waals surface area contributed by atoms with Crippen LogP contribution in [-0.2, 0) is 12.7 Å². The zero-order valence-electron chi connectivity index (χ0n) is 19.6. The van der Waals surface area contributed by atoms with Crippen LogP contribution in [0.2, 0.25) is 0 Å². The topological polar surface area (TPSA) is 59.2 Å². The van der Waals surface area contributed by atoms with E-state index in [0.717, 1.165) is 17.3 Å². The summed E-state index contributed by atoms with van der Waals surface area (Å²) in [5.41, 5.74) is -0.482. The van der Waals surface area contributed by atoms with Gasteiger partial charge in [-0.25, -0.2) is 13.8 Å². The third-order valence-corrected chi connectivity index (χ3v) is 5.17. The van der Waals surface area contributed by atoms with Crippen molar-refractivity contribution < 1.29 is 26.3 Å². The summed E-state index contributed by atoms with van der Waals surface area (Å²) < 4.78 is 80.3. The van der Waals surface area contributed by atoms with Gasteiger partial charge >= 0.3 is 6.18 Å². The van der Waals surface area contributed by atoms with E-state index < -0.39 is 30.8 Å². The number of fused-ring (bicyclic) bond motifs is 1. The number of rotatable bonds is 11. The Balaban J connectivity index is 0.00000100. The van der Waals surface area contributed by atoms with E-state index in [1.54, 1.807) is 18.3 Å². The van der Waals surface area contributed by atoms with Crippen molar-refractivity contribution in [1.82, 2.24) is 24.5 Å². The van der Waals surface area contributed by atoms with Gasteiger partial charge in [0.2, 0.25) is 5.95 Å². The van der Waals surface area contributed by atoms with Crippen LogP contribution < -0.4 is 10.6 Å². The maximum atomic E-state index is 14.2. The number of halogens is 6. The summed E-state index contributed by atoms with van der Waals surface area (Å²) in [7, 11) is 1.81. The van der Waals surface area contributed by atoms with Crippen LogP contribution in [0.5, 0.6) is 0 Å². The molecule has 35 heavy (non-hydrogen) atoms. The monoisotopic (exact) mass is 504 g/mol. The summed E-state index contributed by atoms with van der Waals surface area (Å²) in [6.07, 6.45) is -0.632. The number of nitrogens with one attached hydrogen (secondary N) is 2. The van der Waals surface area contributed by atoms with Crippen LogP contribution in [0, 0.1) is 5.95 Å². The first-order valence-electron chi connectivity index (χ1n) is 11.2. The molecule has 1 unspecified atom stereocenters. The lowest BCUT2D eigenvalue weighted by Crippen LogP contribution is -2.08. The van der Waals surface area contributed by atoms with Gasteiger partial charge in [0.25, 0.3) is 6.43 Å². The van der Waals surface area contributed by atoms with Crippen LogP contribution >= 0.6 is 0 Å². The van der Waals surface area contributed by atoms with Crippen LogP contribution in [0.25, 0.3) is 5.65 Å². The predicted octanol–water partition coefficient (Wildman–Crippen LogP) is 6.08. The molecule has 0 bridgehead atoms. The average molecular weight is 505 g/mol. The van der Waals surface area contributed by atoms with Gasteiger partial charge in [0, 0.05) is 31.5 Å². The minimum absolute atomic E-state index is 0.176. The molecular formula is C23H30F6N6. The van der Waals surface area contributed by atoms with Crippen molar-refractivity contribution in [2.45, 2.75) is 57.7 Å². The molecule has 0 fully saturated rings. The Hall–Kier alpha value is -3.18. The Kier molecular flexibility index (Phi) is 10.5. The van der Waals surface area contributed by atoms with Gasteiger partial charge in [-0.1, -0.05) is 26.0 Å². The number of anilines is 1. The first kappa shape index (κ1) is 28.1. The summed E-state index contributed by atoms with van der Waals surface area (Å²) in [5.74, 6) is -0.461. The van der Waals surface area contributed by atoms with Crippen molar-refractivity contribution in [3.63, 3.8) is 0 Å². The Morgan fingerprint density at radius 1 is 1.17 bits per heavy atom. The Morgan fingerprint density at radius 3 is 2.49 bits per heavy atom. The van der Waals surface area contributed by atoms with E-state index in [9.17, 15) is 26.3 Å². The lowest BCUT2D eigenvalue weighted by atomic mass is 9.92. The summed E-state index contributed by atoms with van der Waals surface area (Å²) >= 11 is 0. The second kappa shape index (κ2) is 13.1. The molecule has 2 N–H and O–H groups in total. The summed E-state index contributed by atoms with van der Waals surface area (Å²) in [6, 6.07) is 4.74. The first-order valence-corrected chi connectivity index (χ1v) is 11.2. The number of alkyl halides is 5. The van der Waals surface area contributed by atoms with Crippen LogP contribution in [0.3, 0.4) is 0 Å². The molecule has 12 heteroatoms. The fourth-order valence-corrected chi connectivity index (χ4v) is 3.58. The average Bonchev–Trinajstić information content (AvgIpc) is 3.39. The molecule has 0 aliphatic carbocycles. The van der Waals surface area contributed by atoms with Crippen LogP contribution in [0.1, 0.15) is 49.8 Å². The van der Waals surface area contributed by atoms with Gasteiger partial charge in [-0.3, -0.25) is 9.08 Å². The van der Waals surface area contributed by atoms with E-state index in [4.69, 9.17) is 0 Å². The minimum Gasteiger partial charge on any atom is -0.394 e. The molecule has 0 saturated heterocycles. The maximum absolute atomic E-state index is 14.2. The van der Waals surface area contributed by atoms with Crippen molar-refractivity contribution in [3.05, 3.63) is 60.6 Å². The fraction of sp³-hybridized carbons (Fsp3) is 0.478. The van der Waals surface area contributed by atoms with Crippen molar-refractivity contribution in [2.75, 3.05) is 18.9 Å². The molecule has 1 atom stereocenters. The molecule has 3 heterocycles. The van der Waals surface area contributed by atoms with Gasteiger partial charge in [0.05, 0.1) is 0 Å². The van der Waals surface area contributed by atoms with Gasteiger partial charge in [0.15, 0.2) is 5.69 Å². The number of pyridine rings is 1. The van der Waals surface area contributed by atoms with Crippen molar-refractivity contribution in [2.24, 2.45) is 0 Å². The van der Waals surface area contributed by atoms with Crippen molar-refractivity contribution in [1.29, 1.82) is 0 Å². The van der Waals surface area contributed by atoms with Gasteiger partial charge in [0.1, 0.15) is 18.0 Å². The third kappa shape index (κ3) is 8.22. The van der Waals surface area contributed by atoms with Crippen LogP contribution in [0.4, 0.5) is 32.2 Å². The largest absolute Gasteiger partial charge is 0.434 e. The molecule has 6 nitrogen and oxygen atoms in total. The van der Waals surface area contributed by atoms with Crippen molar-refractivity contribution >= 4 is 11.5 Å². The van der Waals surface area contributed by atoms with Crippen molar-refractivity contribution in [3.8, 4) is 0 Å². The van der Waals surface area contributed by atoms with Crippen LogP contribution in [0.15, 0.2) is 43.4 Å². The fourth-order valence-electron chi connectivity index (χ4n) is 3.58. The Morgan fingerprint density at radius 2 is 1.89 bits per heavy atom. The van der Waals surface area contributed by atoms with E-state index in [0.29, 0.717) is 37.2 Å². The zero-order chi connectivity index (χ0) is 26.0. The van der Waals surface area contributed by atoms with Gasteiger partial charge in [-0.05, 0) is 43.5 Å². The predicted molar refractivity (Wildman–Crippen MR) is 123 cm³/mol. The summed E-state index contributed by atoms with van der Waals surface area (Å²) in [6.45, 7) is 5.09. The number of imidazole rings is 1. The molecule has 0 spiro atoms. The maximum Gasteiger partial charge on any atom is 0.434 e. The lowest BCUT2D eigenvalue weighted by molar-refractivity contribution is -0.140. The number of nitrogens with zero attached hydrogens (tertiary/aromatic N) is 4. The highest BCUT2D eigenvalue weighted by Crippen LogP contribution is 2.30. The lowest BCUT2D eigenvalue weighted by Gasteiger charge is -2.15. The molecule has 194 valence electrons. The second-order valence-corrected chi connectivity index (χ2v) is 7.80. The molecule has 0 aliphatic rings. The number of hydrogen-bond donors (Lipinski definition) is 2. The quantitative estimate of drug-likeness (QED) is 0.246. The summed E-state index contributed by atoms with van der Waals surface area (Å²) in [5, 5.41) is 9.32. The Bertz CT molecular complexity index is 1060. The molecule has 0 amide bonds. The molecule has 3 aromatic rings. The highest BCUT2D eigenvalue weighted by Gasteiger charge is 2.34. The molecule has 0 aliphatic heterocycles. The summed E-state index contributed by atoms with van der Waals surface area (Å²) in [4.78, 5) is 3.59. The van der Waals surface area contributed by atoms with E-state index in [1.165, 1.54) is 16.7 Å². The molecule has 0 radical (unpaired) electrons. The first-order chi connectivity index (χ1) is 16.6. The van der Waals surface area contributed by atoms with Crippen LogP contribution in [-0.4, -0.2) is 39.2 Å². The third-order valence-electron chi connectivity index (χ3n) is 5.17. The number of aromatic nitrogens is 4. The highest BCUT2D eigenvalue weighted by atomic mass is 19.4. The van der Waals surface area contributed by atoms with E-state index in [-0.39, 0.29) is 11.6 Å².